The first-order chi connectivity index (χ1) is 11.1. The zero-order valence-corrected chi connectivity index (χ0v) is 15.3. The Hall–Kier alpha value is -1.17. The molecule has 2 nitrogen and oxygen atoms in total. The summed E-state index contributed by atoms with van der Waals surface area (Å²) in [6.07, 6.45) is 0. The zero-order valence-electron chi connectivity index (χ0n) is 13.6. The summed E-state index contributed by atoms with van der Waals surface area (Å²) in [5, 5.41) is 0. The van der Waals surface area contributed by atoms with Gasteiger partial charge in [0, 0.05) is 27.8 Å². The van der Waals surface area contributed by atoms with Crippen molar-refractivity contribution in [3.8, 4) is 0 Å². The van der Waals surface area contributed by atoms with Gasteiger partial charge < -0.3 is 9.80 Å². The third-order valence-corrected chi connectivity index (χ3v) is 5.42. The molecule has 2 aromatic rings. The standard InChI is InChI=1S/C18H21FN2S2/c1-13(11-20(2)3)12-21-15-6-4-5-7-17(15)22-18-9-8-14(23-19)10-16(18)21/h4-10,13H,11-12H2,1-3H3/t13-/m1/s1. The Bertz CT molecular complexity index is 690. The van der Waals surface area contributed by atoms with Gasteiger partial charge in [-0.05, 0) is 50.3 Å². The molecule has 0 aliphatic carbocycles. The monoisotopic (exact) mass is 348 g/mol. The zero-order chi connectivity index (χ0) is 16.4. The molecule has 0 spiro atoms. The first kappa shape index (κ1) is 16.7. The van der Waals surface area contributed by atoms with Gasteiger partial charge in [-0.15, -0.1) is 0 Å². The van der Waals surface area contributed by atoms with Crippen molar-refractivity contribution < 1.29 is 3.89 Å². The van der Waals surface area contributed by atoms with Crippen LogP contribution in [0.5, 0.6) is 0 Å². The van der Waals surface area contributed by atoms with Crippen LogP contribution in [0.15, 0.2) is 57.2 Å². The average Bonchev–Trinajstić information content (AvgIpc) is 2.53. The summed E-state index contributed by atoms with van der Waals surface area (Å²) in [5.74, 6) is 0.510. The van der Waals surface area contributed by atoms with Gasteiger partial charge in [0.25, 0.3) is 0 Å². The molecule has 1 heterocycles. The summed E-state index contributed by atoms with van der Waals surface area (Å²) in [5.41, 5.74) is 2.33. The molecule has 3 rings (SSSR count). The van der Waals surface area contributed by atoms with Gasteiger partial charge in [-0.1, -0.05) is 30.8 Å². The fourth-order valence-electron chi connectivity index (χ4n) is 3.05. The Kier molecular flexibility index (Phi) is 5.19. The highest BCUT2D eigenvalue weighted by molar-refractivity contribution is 7.99. The highest BCUT2D eigenvalue weighted by atomic mass is 32.2. The van der Waals surface area contributed by atoms with Crippen LogP contribution < -0.4 is 4.90 Å². The molecule has 1 aliphatic heterocycles. The van der Waals surface area contributed by atoms with E-state index in [1.807, 2.05) is 18.2 Å². The van der Waals surface area contributed by atoms with Crippen LogP contribution in [0.1, 0.15) is 6.92 Å². The Morgan fingerprint density at radius 1 is 1.13 bits per heavy atom. The van der Waals surface area contributed by atoms with E-state index in [2.05, 4.69) is 55.1 Å². The molecule has 0 unspecified atom stereocenters. The van der Waals surface area contributed by atoms with Crippen LogP contribution in [0.3, 0.4) is 0 Å². The Morgan fingerprint density at radius 3 is 2.61 bits per heavy atom. The molecule has 5 heteroatoms. The molecular weight excluding hydrogens is 327 g/mol. The Morgan fingerprint density at radius 2 is 1.87 bits per heavy atom. The van der Waals surface area contributed by atoms with Crippen molar-refractivity contribution in [1.29, 1.82) is 0 Å². The number of anilines is 2. The van der Waals surface area contributed by atoms with E-state index in [4.69, 9.17) is 0 Å². The molecule has 122 valence electrons. The summed E-state index contributed by atoms with van der Waals surface area (Å²) in [7, 11) is 4.20. The van der Waals surface area contributed by atoms with E-state index in [0.717, 1.165) is 18.8 Å². The third-order valence-electron chi connectivity index (χ3n) is 3.86. The van der Waals surface area contributed by atoms with Crippen LogP contribution in [0.25, 0.3) is 0 Å². The minimum Gasteiger partial charge on any atom is -0.339 e. The molecular formula is C18H21FN2S2. The van der Waals surface area contributed by atoms with E-state index < -0.39 is 0 Å². The predicted molar refractivity (Wildman–Crippen MR) is 98.7 cm³/mol. The molecule has 0 aromatic heterocycles. The molecule has 0 saturated carbocycles. The quantitative estimate of drug-likeness (QED) is 0.707. The smallest absolute Gasteiger partial charge is 0.0812 e. The number of para-hydroxylation sites is 1. The fourth-order valence-corrected chi connectivity index (χ4v) is 4.40. The van der Waals surface area contributed by atoms with Crippen LogP contribution in [-0.2, 0) is 0 Å². The molecule has 0 saturated heterocycles. The lowest BCUT2D eigenvalue weighted by Gasteiger charge is -2.35. The van der Waals surface area contributed by atoms with Gasteiger partial charge in [-0.3, -0.25) is 0 Å². The molecule has 0 radical (unpaired) electrons. The van der Waals surface area contributed by atoms with Gasteiger partial charge in [0.1, 0.15) is 0 Å². The lowest BCUT2D eigenvalue weighted by molar-refractivity contribution is 0.343. The highest BCUT2D eigenvalue weighted by Crippen LogP contribution is 2.49. The van der Waals surface area contributed by atoms with E-state index >= 15 is 0 Å². The molecule has 0 N–H and O–H groups in total. The molecule has 1 aliphatic rings. The second-order valence-corrected chi connectivity index (χ2v) is 7.96. The first-order valence-electron chi connectivity index (χ1n) is 7.70. The summed E-state index contributed by atoms with van der Waals surface area (Å²) in [6.45, 7) is 4.21. The van der Waals surface area contributed by atoms with E-state index in [9.17, 15) is 3.89 Å². The van der Waals surface area contributed by atoms with Gasteiger partial charge in [-0.2, -0.15) is 3.89 Å². The van der Waals surface area contributed by atoms with Crippen LogP contribution >= 0.6 is 23.9 Å². The maximum atomic E-state index is 13.0. The van der Waals surface area contributed by atoms with Crippen LogP contribution in [0.2, 0.25) is 0 Å². The minimum absolute atomic E-state index is 0.310. The van der Waals surface area contributed by atoms with Gasteiger partial charge in [0.2, 0.25) is 0 Å². The van der Waals surface area contributed by atoms with Gasteiger partial charge in [0.05, 0.1) is 23.5 Å². The third kappa shape index (κ3) is 3.67. The second-order valence-electron chi connectivity index (χ2n) is 6.25. The van der Waals surface area contributed by atoms with Crippen molar-refractivity contribution in [3.63, 3.8) is 0 Å². The number of hydrogen-bond donors (Lipinski definition) is 0. The van der Waals surface area contributed by atoms with Crippen LogP contribution in [-0.4, -0.2) is 32.1 Å². The van der Waals surface area contributed by atoms with Crippen molar-refractivity contribution in [2.45, 2.75) is 21.6 Å². The summed E-state index contributed by atoms with van der Waals surface area (Å²) in [6, 6.07) is 14.3. The predicted octanol–water partition coefficient (Wildman–Crippen LogP) is 5.46. The van der Waals surface area contributed by atoms with Crippen molar-refractivity contribution in [2.24, 2.45) is 5.92 Å². The maximum Gasteiger partial charge on any atom is 0.0812 e. The van der Waals surface area contributed by atoms with E-state index in [1.54, 1.807) is 11.8 Å². The summed E-state index contributed by atoms with van der Waals surface area (Å²) < 4.78 is 13.0. The summed E-state index contributed by atoms with van der Waals surface area (Å²) in [4.78, 5) is 7.67. The number of fused-ring (bicyclic) bond motifs is 2. The fraction of sp³-hybridized carbons (Fsp3) is 0.333. The summed E-state index contributed by atoms with van der Waals surface area (Å²) >= 11 is 2.07. The van der Waals surface area contributed by atoms with Crippen molar-refractivity contribution in [1.82, 2.24) is 4.90 Å². The molecule has 2 aromatic carbocycles. The topological polar surface area (TPSA) is 6.48 Å². The molecule has 0 amide bonds. The molecule has 0 fully saturated rings. The normalized spacial score (nSPS) is 14.6. The number of nitrogens with zero attached hydrogens (tertiary/aromatic N) is 2. The lowest BCUT2D eigenvalue weighted by atomic mass is 10.1. The van der Waals surface area contributed by atoms with Crippen molar-refractivity contribution in [2.75, 3.05) is 32.1 Å². The van der Waals surface area contributed by atoms with Gasteiger partial charge in [-0.25, -0.2) is 0 Å². The molecule has 1 atom stereocenters. The van der Waals surface area contributed by atoms with Crippen LogP contribution in [0.4, 0.5) is 15.3 Å². The Labute approximate surface area is 146 Å². The van der Waals surface area contributed by atoms with Crippen LogP contribution in [0, 0.1) is 5.92 Å². The second kappa shape index (κ2) is 7.16. The van der Waals surface area contributed by atoms with E-state index in [1.165, 1.54) is 15.5 Å². The maximum absolute atomic E-state index is 13.0. The highest BCUT2D eigenvalue weighted by Gasteiger charge is 2.25. The Balaban J connectivity index is 1.99. The number of hydrogen-bond acceptors (Lipinski definition) is 4. The largest absolute Gasteiger partial charge is 0.339 e. The van der Waals surface area contributed by atoms with Crippen molar-refractivity contribution >= 4 is 35.3 Å². The number of halogens is 1. The molecule has 0 bridgehead atoms. The van der Waals surface area contributed by atoms with Gasteiger partial charge >= 0.3 is 0 Å². The molecule has 23 heavy (non-hydrogen) atoms. The number of benzene rings is 2. The first-order valence-corrected chi connectivity index (χ1v) is 9.23. The van der Waals surface area contributed by atoms with E-state index in [0.29, 0.717) is 23.0 Å². The minimum atomic E-state index is 0.310. The SMILES string of the molecule is C[C@H](CN(C)C)CN1c2ccccc2Sc2ccc(SF)cc21. The average molecular weight is 349 g/mol. The lowest BCUT2D eigenvalue weighted by Crippen LogP contribution is -2.31. The number of rotatable bonds is 5. The van der Waals surface area contributed by atoms with E-state index in [-0.39, 0.29) is 0 Å². The van der Waals surface area contributed by atoms with Crippen molar-refractivity contribution in [3.05, 3.63) is 42.5 Å². The van der Waals surface area contributed by atoms with Gasteiger partial charge in [0.15, 0.2) is 0 Å².